The van der Waals surface area contributed by atoms with E-state index in [1.165, 1.54) is 6.42 Å². The molecule has 1 aromatic rings. The SMILES string of the molecule is Oc1ccc([C@H]2CCCC[C@@H]2O)cc1. The van der Waals surface area contributed by atoms with Crippen LogP contribution in [-0.2, 0) is 0 Å². The Labute approximate surface area is 84.2 Å². The number of phenols is 1. The molecule has 14 heavy (non-hydrogen) atoms. The van der Waals surface area contributed by atoms with E-state index in [1.54, 1.807) is 12.1 Å². The van der Waals surface area contributed by atoms with Crippen LogP contribution < -0.4 is 0 Å². The number of aliphatic hydroxyl groups is 1. The van der Waals surface area contributed by atoms with Crippen molar-refractivity contribution in [2.24, 2.45) is 0 Å². The zero-order valence-electron chi connectivity index (χ0n) is 8.19. The molecule has 0 saturated heterocycles. The lowest BCUT2D eigenvalue weighted by Crippen LogP contribution is -2.22. The van der Waals surface area contributed by atoms with Crippen LogP contribution in [0.25, 0.3) is 0 Å². The molecule has 0 aromatic heterocycles. The van der Waals surface area contributed by atoms with E-state index in [2.05, 4.69) is 0 Å². The summed E-state index contributed by atoms with van der Waals surface area (Å²) in [5.74, 6) is 0.559. The molecule has 0 radical (unpaired) electrons. The number of hydrogen-bond donors (Lipinski definition) is 2. The Hall–Kier alpha value is -1.02. The van der Waals surface area contributed by atoms with Gasteiger partial charge in [-0.25, -0.2) is 0 Å². The lowest BCUT2D eigenvalue weighted by atomic mass is 9.82. The van der Waals surface area contributed by atoms with Crippen molar-refractivity contribution in [1.29, 1.82) is 0 Å². The third-order valence-corrected chi connectivity index (χ3v) is 3.05. The largest absolute Gasteiger partial charge is 0.508 e. The molecule has 1 aliphatic carbocycles. The fraction of sp³-hybridized carbons (Fsp3) is 0.500. The molecule has 1 aliphatic rings. The molecular formula is C12H16O2. The van der Waals surface area contributed by atoms with Crippen molar-refractivity contribution >= 4 is 0 Å². The molecule has 2 nitrogen and oxygen atoms in total. The molecule has 2 N–H and O–H groups in total. The molecule has 0 aliphatic heterocycles. The number of hydrogen-bond acceptors (Lipinski definition) is 2. The molecular weight excluding hydrogens is 176 g/mol. The second-order valence-electron chi connectivity index (χ2n) is 4.05. The van der Waals surface area contributed by atoms with E-state index >= 15 is 0 Å². The first-order valence-electron chi connectivity index (χ1n) is 5.24. The van der Waals surface area contributed by atoms with Gasteiger partial charge in [-0.05, 0) is 30.5 Å². The maximum absolute atomic E-state index is 9.83. The summed E-state index contributed by atoms with van der Waals surface area (Å²) >= 11 is 0. The first-order valence-corrected chi connectivity index (χ1v) is 5.24. The molecule has 1 fully saturated rings. The summed E-state index contributed by atoms with van der Waals surface area (Å²) in [6, 6.07) is 7.20. The maximum atomic E-state index is 9.83. The smallest absolute Gasteiger partial charge is 0.115 e. The Morgan fingerprint density at radius 2 is 1.64 bits per heavy atom. The van der Waals surface area contributed by atoms with Gasteiger partial charge in [0.05, 0.1) is 6.10 Å². The van der Waals surface area contributed by atoms with Crippen LogP contribution in [-0.4, -0.2) is 16.3 Å². The van der Waals surface area contributed by atoms with Crippen LogP contribution >= 0.6 is 0 Å². The minimum Gasteiger partial charge on any atom is -0.508 e. The third-order valence-electron chi connectivity index (χ3n) is 3.05. The Balaban J connectivity index is 2.16. The predicted octanol–water partition coefficient (Wildman–Crippen LogP) is 2.41. The number of aliphatic hydroxyl groups excluding tert-OH is 1. The maximum Gasteiger partial charge on any atom is 0.115 e. The highest BCUT2D eigenvalue weighted by Gasteiger charge is 2.24. The van der Waals surface area contributed by atoms with Crippen molar-refractivity contribution in [3.63, 3.8) is 0 Å². The van der Waals surface area contributed by atoms with Crippen LogP contribution in [0.4, 0.5) is 0 Å². The van der Waals surface area contributed by atoms with Gasteiger partial charge in [0, 0.05) is 5.92 Å². The summed E-state index contributed by atoms with van der Waals surface area (Å²) in [7, 11) is 0. The van der Waals surface area contributed by atoms with Crippen LogP contribution in [0.15, 0.2) is 24.3 Å². The highest BCUT2D eigenvalue weighted by atomic mass is 16.3. The van der Waals surface area contributed by atoms with E-state index in [0.29, 0.717) is 5.75 Å². The zero-order chi connectivity index (χ0) is 9.97. The molecule has 1 saturated carbocycles. The predicted molar refractivity (Wildman–Crippen MR) is 55.3 cm³/mol. The summed E-state index contributed by atoms with van der Waals surface area (Å²) in [5.41, 5.74) is 1.15. The lowest BCUT2D eigenvalue weighted by molar-refractivity contribution is 0.106. The molecule has 2 atom stereocenters. The van der Waals surface area contributed by atoms with Crippen LogP contribution in [0, 0.1) is 0 Å². The molecule has 1 aromatic carbocycles. The highest BCUT2D eigenvalue weighted by molar-refractivity contribution is 5.29. The first kappa shape index (κ1) is 9.53. The molecule has 0 bridgehead atoms. The van der Waals surface area contributed by atoms with Crippen molar-refractivity contribution in [1.82, 2.24) is 0 Å². The molecule has 2 rings (SSSR count). The summed E-state index contributed by atoms with van der Waals surface area (Å²) < 4.78 is 0. The lowest BCUT2D eigenvalue weighted by Gasteiger charge is -2.27. The van der Waals surface area contributed by atoms with Gasteiger partial charge >= 0.3 is 0 Å². The molecule has 2 heteroatoms. The van der Waals surface area contributed by atoms with Crippen molar-refractivity contribution < 1.29 is 10.2 Å². The van der Waals surface area contributed by atoms with Crippen LogP contribution in [0.2, 0.25) is 0 Å². The average Bonchev–Trinajstić information content (AvgIpc) is 2.20. The van der Waals surface area contributed by atoms with Gasteiger partial charge in [0.15, 0.2) is 0 Å². The summed E-state index contributed by atoms with van der Waals surface area (Å²) in [4.78, 5) is 0. The van der Waals surface area contributed by atoms with E-state index in [1.807, 2.05) is 12.1 Å². The standard InChI is InChI=1S/C12H16O2/c13-10-7-5-9(6-8-10)11-3-1-2-4-12(11)14/h5-8,11-14H,1-4H2/t11-,12+/m1/s1. The third kappa shape index (κ3) is 1.90. The van der Waals surface area contributed by atoms with Crippen molar-refractivity contribution in [3.8, 4) is 5.75 Å². The minimum atomic E-state index is -0.201. The monoisotopic (exact) mass is 192 g/mol. The zero-order valence-corrected chi connectivity index (χ0v) is 8.19. The topological polar surface area (TPSA) is 40.5 Å². The van der Waals surface area contributed by atoms with Crippen LogP contribution in [0.3, 0.4) is 0 Å². The molecule has 0 unspecified atom stereocenters. The summed E-state index contributed by atoms with van der Waals surface area (Å²) in [5, 5.41) is 19.0. The molecule has 76 valence electrons. The van der Waals surface area contributed by atoms with Gasteiger partial charge in [-0.1, -0.05) is 25.0 Å². The molecule has 0 amide bonds. The summed E-state index contributed by atoms with van der Waals surface area (Å²) in [6.45, 7) is 0. The highest BCUT2D eigenvalue weighted by Crippen LogP contribution is 2.33. The van der Waals surface area contributed by atoms with Gasteiger partial charge in [-0.3, -0.25) is 0 Å². The second-order valence-corrected chi connectivity index (χ2v) is 4.05. The van der Waals surface area contributed by atoms with Gasteiger partial charge in [0.1, 0.15) is 5.75 Å². The fourth-order valence-corrected chi connectivity index (χ4v) is 2.22. The van der Waals surface area contributed by atoms with Gasteiger partial charge in [0.25, 0.3) is 0 Å². The van der Waals surface area contributed by atoms with Crippen molar-refractivity contribution in [3.05, 3.63) is 29.8 Å². The quantitative estimate of drug-likeness (QED) is 0.717. The van der Waals surface area contributed by atoms with Crippen LogP contribution in [0.1, 0.15) is 37.2 Å². The van der Waals surface area contributed by atoms with E-state index in [9.17, 15) is 5.11 Å². The van der Waals surface area contributed by atoms with Gasteiger partial charge in [-0.15, -0.1) is 0 Å². The average molecular weight is 192 g/mol. The molecule has 0 spiro atoms. The van der Waals surface area contributed by atoms with Gasteiger partial charge in [0.2, 0.25) is 0 Å². The summed E-state index contributed by atoms with van der Waals surface area (Å²) in [6.07, 6.45) is 4.10. The Bertz CT molecular complexity index is 292. The normalized spacial score (nSPS) is 27.5. The van der Waals surface area contributed by atoms with E-state index in [-0.39, 0.29) is 12.0 Å². The number of phenolic OH excluding ortho intramolecular Hbond substituents is 1. The van der Waals surface area contributed by atoms with Crippen molar-refractivity contribution in [2.75, 3.05) is 0 Å². The van der Waals surface area contributed by atoms with Crippen molar-refractivity contribution in [2.45, 2.75) is 37.7 Å². The van der Waals surface area contributed by atoms with E-state index in [4.69, 9.17) is 5.11 Å². The van der Waals surface area contributed by atoms with Gasteiger partial charge in [-0.2, -0.15) is 0 Å². The van der Waals surface area contributed by atoms with E-state index in [0.717, 1.165) is 24.8 Å². The number of benzene rings is 1. The minimum absolute atomic E-state index is 0.201. The fourth-order valence-electron chi connectivity index (χ4n) is 2.22. The number of rotatable bonds is 1. The molecule has 0 heterocycles. The van der Waals surface area contributed by atoms with E-state index < -0.39 is 0 Å². The Kier molecular flexibility index (Phi) is 2.73. The number of aromatic hydroxyl groups is 1. The second kappa shape index (κ2) is 4.01. The van der Waals surface area contributed by atoms with Crippen LogP contribution in [0.5, 0.6) is 5.75 Å². The van der Waals surface area contributed by atoms with Gasteiger partial charge < -0.3 is 10.2 Å². The first-order chi connectivity index (χ1) is 6.77. The Morgan fingerprint density at radius 3 is 2.29 bits per heavy atom. The Morgan fingerprint density at radius 1 is 1.00 bits per heavy atom.